The summed E-state index contributed by atoms with van der Waals surface area (Å²) in [6.07, 6.45) is 0.925. The Morgan fingerprint density at radius 1 is 1.12 bits per heavy atom. The van der Waals surface area contributed by atoms with Gasteiger partial charge in [0, 0.05) is 10.9 Å². The van der Waals surface area contributed by atoms with Gasteiger partial charge >= 0.3 is 0 Å². The van der Waals surface area contributed by atoms with E-state index < -0.39 is 5.91 Å². The number of amides is 2. The van der Waals surface area contributed by atoms with E-state index in [2.05, 4.69) is 56.6 Å². The second-order valence-corrected chi connectivity index (χ2v) is 9.18. The van der Waals surface area contributed by atoms with Crippen molar-refractivity contribution in [2.45, 2.75) is 18.5 Å². The first-order valence-electron chi connectivity index (χ1n) is 10.0. The number of carbonyl (C=O) groups is 2. The van der Waals surface area contributed by atoms with Crippen molar-refractivity contribution in [3.63, 3.8) is 0 Å². The van der Waals surface area contributed by atoms with Crippen molar-refractivity contribution in [3.05, 3.63) is 75.5 Å². The summed E-state index contributed by atoms with van der Waals surface area (Å²) in [6.45, 7) is 2.13. The van der Waals surface area contributed by atoms with Gasteiger partial charge in [-0.1, -0.05) is 60.6 Å². The molecule has 0 saturated carbocycles. The van der Waals surface area contributed by atoms with Gasteiger partial charge in [-0.05, 0) is 57.6 Å². The van der Waals surface area contributed by atoms with Crippen molar-refractivity contribution < 1.29 is 9.59 Å². The molecule has 3 aromatic carbocycles. The first-order valence-corrected chi connectivity index (χ1v) is 12.2. The normalized spacial score (nSPS) is 11.0. The van der Waals surface area contributed by atoms with Crippen LogP contribution in [0.3, 0.4) is 0 Å². The van der Waals surface area contributed by atoms with Crippen LogP contribution >= 0.6 is 39.3 Å². The molecule has 33 heavy (non-hydrogen) atoms. The van der Waals surface area contributed by atoms with E-state index >= 15 is 0 Å². The number of rotatable bonds is 7. The van der Waals surface area contributed by atoms with Crippen LogP contribution < -0.4 is 11.1 Å². The number of hydrogen-bond acceptors (Lipinski definition) is 5. The number of aromatic nitrogens is 3. The van der Waals surface area contributed by atoms with Gasteiger partial charge in [0.2, 0.25) is 16.5 Å². The van der Waals surface area contributed by atoms with E-state index in [9.17, 15) is 9.59 Å². The number of thioether (sulfide) groups is 1. The standard InChI is InChI=1S/C23H19BrClN5O2S/c1-2-13-8-10-19(16-6-4-3-5-15(13)16)30-22(24)28-29-23(30)33-12-20(31)27-18-9-7-14(21(26)32)11-17(18)25/h3-11H,2,12H2,1H3,(H2,26,32)(H,27,31). The molecule has 0 spiro atoms. The minimum absolute atomic E-state index is 0.0873. The highest BCUT2D eigenvalue weighted by molar-refractivity contribution is 9.10. The quantitative estimate of drug-likeness (QED) is 0.310. The van der Waals surface area contributed by atoms with Crippen molar-refractivity contribution in [2.24, 2.45) is 5.73 Å². The molecule has 1 aromatic heterocycles. The van der Waals surface area contributed by atoms with Crippen LogP contribution in [0.25, 0.3) is 16.5 Å². The molecule has 7 nitrogen and oxygen atoms in total. The van der Waals surface area contributed by atoms with E-state index in [0.717, 1.165) is 17.5 Å². The molecule has 0 bridgehead atoms. The Balaban J connectivity index is 1.56. The van der Waals surface area contributed by atoms with Crippen LogP contribution in [-0.4, -0.2) is 32.3 Å². The zero-order chi connectivity index (χ0) is 23.5. The molecule has 10 heteroatoms. The molecule has 0 atom stereocenters. The van der Waals surface area contributed by atoms with Crippen LogP contribution in [0.4, 0.5) is 5.69 Å². The molecule has 4 aromatic rings. The highest BCUT2D eigenvalue weighted by atomic mass is 79.9. The van der Waals surface area contributed by atoms with Crippen molar-refractivity contribution in [3.8, 4) is 5.69 Å². The fraction of sp³-hybridized carbons (Fsp3) is 0.130. The summed E-state index contributed by atoms with van der Waals surface area (Å²) in [6, 6.07) is 16.8. The maximum absolute atomic E-state index is 12.6. The average molecular weight is 545 g/mol. The molecule has 0 radical (unpaired) electrons. The highest BCUT2D eigenvalue weighted by Gasteiger charge is 2.17. The molecule has 0 aliphatic heterocycles. The fourth-order valence-electron chi connectivity index (χ4n) is 3.48. The van der Waals surface area contributed by atoms with E-state index in [1.54, 1.807) is 6.07 Å². The van der Waals surface area contributed by atoms with Gasteiger partial charge in [-0.3, -0.25) is 14.2 Å². The summed E-state index contributed by atoms with van der Waals surface area (Å²) in [4.78, 5) is 23.8. The van der Waals surface area contributed by atoms with Gasteiger partial charge in [0.15, 0.2) is 5.16 Å². The summed E-state index contributed by atoms with van der Waals surface area (Å²) in [5.41, 5.74) is 8.10. The molecule has 0 unspecified atom stereocenters. The maximum Gasteiger partial charge on any atom is 0.248 e. The summed E-state index contributed by atoms with van der Waals surface area (Å²) >= 11 is 10.9. The van der Waals surface area contributed by atoms with Gasteiger partial charge in [-0.25, -0.2) is 0 Å². The number of nitrogens with one attached hydrogen (secondary N) is 1. The van der Waals surface area contributed by atoms with Crippen LogP contribution in [0.15, 0.2) is 64.5 Å². The van der Waals surface area contributed by atoms with Crippen LogP contribution in [0.5, 0.6) is 0 Å². The van der Waals surface area contributed by atoms with Crippen LogP contribution in [-0.2, 0) is 11.2 Å². The molecule has 0 saturated heterocycles. The second kappa shape index (κ2) is 9.94. The largest absolute Gasteiger partial charge is 0.366 e. The van der Waals surface area contributed by atoms with Crippen LogP contribution in [0, 0.1) is 0 Å². The Bertz CT molecular complexity index is 1370. The van der Waals surface area contributed by atoms with Crippen LogP contribution in [0.1, 0.15) is 22.8 Å². The molecular weight excluding hydrogens is 526 g/mol. The summed E-state index contributed by atoms with van der Waals surface area (Å²) < 4.78 is 2.43. The van der Waals surface area contributed by atoms with Gasteiger partial charge in [0.05, 0.1) is 22.2 Å². The highest BCUT2D eigenvalue weighted by Crippen LogP contribution is 2.32. The number of anilines is 1. The SMILES string of the molecule is CCc1ccc(-n2c(Br)nnc2SCC(=O)Nc2ccc(C(N)=O)cc2Cl)c2ccccc12. The second-order valence-electron chi connectivity index (χ2n) is 7.13. The lowest BCUT2D eigenvalue weighted by atomic mass is 10.0. The van der Waals surface area contributed by atoms with Crippen molar-refractivity contribution in [1.29, 1.82) is 0 Å². The predicted octanol–water partition coefficient (Wildman–Crippen LogP) is 5.23. The predicted molar refractivity (Wildman–Crippen MR) is 135 cm³/mol. The number of nitrogens with zero attached hydrogens (tertiary/aromatic N) is 3. The lowest BCUT2D eigenvalue weighted by molar-refractivity contribution is -0.113. The lowest BCUT2D eigenvalue weighted by Gasteiger charge is -2.13. The Kier molecular flexibility index (Phi) is 7.02. The minimum Gasteiger partial charge on any atom is -0.366 e. The maximum atomic E-state index is 12.6. The van der Waals surface area contributed by atoms with Gasteiger partial charge in [0.1, 0.15) is 0 Å². The minimum atomic E-state index is -0.588. The number of aryl methyl sites for hydroxylation is 1. The number of primary amides is 1. The lowest BCUT2D eigenvalue weighted by Crippen LogP contribution is -2.16. The van der Waals surface area contributed by atoms with Gasteiger partial charge < -0.3 is 11.1 Å². The molecule has 0 aliphatic carbocycles. The zero-order valence-corrected chi connectivity index (χ0v) is 20.7. The topological polar surface area (TPSA) is 103 Å². The molecule has 3 N–H and O–H groups in total. The number of fused-ring (bicyclic) bond motifs is 1. The molecule has 2 amide bonds. The third kappa shape index (κ3) is 4.90. The number of nitrogens with two attached hydrogens (primary N) is 1. The molecule has 0 aliphatic rings. The van der Waals surface area contributed by atoms with E-state index in [1.807, 2.05) is 22.8 Å². The van der Waals surface area contributed by atoms with Gasteiger partial charge in [-0.2, -0.15) is 0 Å². The van der Waals surface area contributed by atoms with Gasteiger partial charge in [-0.15, -0.1) is 10.2 Å². The number of hydrogen-bond donors (Lipinski definition) is 2. The zero-order valence-electron chi connectivity index (χ0n) is 17.5. The molecule has 168 valence electrons. The summed E-state index contributed by atoms with van der Waals surface area (Å²) in [5, 5.41) is 14.2. The van der Waals surface area contributed by atoms with E-state index in [4.69, 9.17) is 17.3 Å². The fourth-order valence-corrected chi connectivity index (χ4v) is 5.01. The van der Waals surface area contributed by atoms with Crippen molar-refractivity contribution >= 4 is 67.6 Å². The first kappa shape index (κ1) is 23.3. The van der Waals surface area contributed by atoms with Crippen molar-refractivity contribution in [2.75, 3.05) is 11.1 Å². The Morgan fingerprint density at radius 2 is 1.88 bits per heavy atom. The Morgan fingerprint density at radius 3 is 2.58 bits per heavy atom. The smallest absolute Gasteiger partial charge is 0.248 e. The van der Waals surface area contributed by atoms with Gasteiger partial charge in [0.25, 0.3) is 0 Å². The van der Waals surface area contributed by atoms with Crippen molar-refractivity contribution in [1.82, 2.24) is 14.8 Å². The molecule has 4 rings (SSSR count). The van der Waals surface area contributed by atoms with E-state index in [1.165, 1.54) is 34.8 Å². The molecule has 0 fully saturated rings. The Hall–Kier alpha value is -2.88. The third-order valence-electron chi connectivity index (χ3n) is 5.07. The molecular formula is C23H19BrClN5O2S. The number of halogens is 2. The molecule has 1 heterocycles. The summed E-state index contributed by atoms with van der Waals surface area (Å²) in [5.74, 6) is -0.773. The number of benzene rings is 3. The monoisotopic (exact) mass is 543 g/mol. The number of carbonyl (C=O) groups excluding carboxylic acids is 2. The van der Waals surface area contributed by atoms with Crippen LogP contribution in [0.2, 0.25) is 5.02 Å². The van der Waals surface area contributed by atoms with E-state index in [0.29, 0.717) is 15.6 Å². The third-order valence-corrected chi connectivity index (χ3v) is 6.82. The first-order chi connectivity index (χ1) is 15.9. The van der Waals surface area contributed by atoms with E-state index in [-0.39, 0.29) is 22.2 Å². The summed E-state index contributed by atoms with van der Waals surface area (Å²) in [7, 11) is 0. The average Bonchev–Trinajstić information content (AvgIpc) is 3.18. The Labute approximate surface area is 207 Å².